The van der Waals surface area contributed by atoms with Crippen molar-refractivity contribution in [2.24, 2.45) is 4.99 Å². The minimum Gasteiger partial charge on any atom is -0.254 e. The molecule has 29 heavy (non-hydrogen) atoms. The van der Waals surface area contributed by atoms with E-state index in [1.807, 2.05) is 26.1 Å². The summed E-state index contributed by atoms with van der Waals surface area (Å²) >= 11 is 1.25. The third-order valence-corrected chi connectivity index (χ3v) is 5.48. The van der Waals surface area contributed by atoms with Crippen molar-refractivity contribution >= 4 is 16.8 Å². The number of rotatable bonds is 7. The van der Waals surface area contributed by atoms with Crippen molar-refractivity contribution in [1.29, 1.82) is 0 Å². The second kappa shape index (κ2) is 10.4. The fourth-order valence-electron chi connectivity index (χ4n) is 2.59. The van der Waals surface area contributed by atoms with Crippen molar-refractivity contribution in [1.82, 2.24) is 0 Å². The number of benzene rings is 1. The average Bonchev–Trinajstić information content (AvgIpc) is 2.70. The van der Waals surface area contributed by atoms with Gasteiger partial charge in [0, 0.05) is 29.1 Å². The van der Waals surface area contributed by atoms with Crippen molar-refractivity contribution < 1.29 is 17.7 Å². The number of halogens is 3. The van der Waals surface area contributed by atoms with E-state index < -0.39 is 11.7 Å². The normalized spacial score (nSPS) is 12.9. The van der Waals surface area contributed by atoms with Crippen LogP contribution in [0.5, 0.6) is 0 Å². The highest BCUT2D eigenvalue weighted by Gasteiger charge is 2.30. The lowest BCUT2D eigenvalue weighted by Crippen LogP contribution is -2.31. The monoisotopic (exact) mass is 419 g/mol. The number of hydrogen-bond acceptors (Lipinski definition) is 2. The summed E-state index contributed by atoms with van der Waals surface area (Å²) in [6.45, 7) is 11.0. The molecule has 0 aliphatic heterocycles. The van der Waals surface area contributed by atoms with Crippen LogP contribution in [0, 0.1) is 0 Å². The lowest BCUT2D eigenvalue weighted by atomic mass is 10.0. The van der Waals surface area contributed by atoms with Crippen molar-refractivity contribution in [3.05, 3.63) is 83.8 Å². The predicted molar refractivity (Wildman–Crippen MR) is 114 cm³/mol. The van der Waals surface area contributed by atoms with Gasteiger partial charge in [-0.05, 0) is 55.7 Å². The highest BCUT2D eigenvalue weighted by molar-refractivity contribution is 8.14. The Morgan fingerprint density at radius 1 is 1.21 bits per heavy atom. The standard InChI is InChI=1S/C23H26F3N2S/c1-5-22(29-21-11-7-10-20(14-21)23(24,25)26)27-15-18(4)17(3)13-19-9-8-12-28(6-2)16-19/h7-12,14-16H,3,5-6,13H2,1-2,4H3/q+1/b18-15+,27-22?. The Bertz CT molecular complexity index is 914. The third-order valence-electron chi connectivity index (χ3n) is 4.36. The first-order valence-electron chi connectivity index (χ1n) is 9.47. The van der Waals surface area contributed by atoms with Crippen molar-refractivity contribution in [2.75, 3.05) is 0 Å². The summed E-state index contributed by atoms with van der Waals surface area (Å²) in [6, 6.07) is 9.40. The van der Waals surface area contributed by atoms with E-state index in [4.69, 9.17) is 0 Å². The molecule has 2 aromatic rings. The van der Waals surface area contributed by atoms with Crippen LogP contribution in [0.15, 0.2) is 82.6 Å². The number of nitrogens with zero attached hydrogens (tertiary/aromatic N) is 2. The van der Waals surface area contributed by atoms with Crippen LogP contribution in [0.3, 0.4) is 0 Å². The van der Waals surface area contributed by atoms with Gasteiger partial charge in [-0.15, -0.1) is 0 Å². The first kappa shape index (κ1) is 22.9. The van der Waals surface area contributed by atoms with Gasteiger partial charge in [-0.2, -0.15) is 13.2 Å². The van der Waals surface area contributed by atoms with Gasteiger partial charge in [0.15, 0.2) is 12.4 Å². The number of aromatic nitrogens is 1. The van der Waals surface area contributed by atoms with E-state index in [1.54, 1.807) is 12.3 Å². The second-order valence-electron chi connectivity index (χ2n) is 6.64. The first-order valence-corrected chi connectivity index (χ1v) is 10.3. The van der Waals surface area contributed by atoms with E-state index in [2.05, 4.69) is 35.3 Å². The molecule has 0 saturated heterocycles. The number of alkyl halides is 3. The molecule has 0 unspecified atom stereocenters. The summed E-state index contributed by atoms with van der Waals surface area (Å²) in [4.78, 5) is 5.02. The summed E-state index contributed by atoms with van der Waals surface area (Å²) in [7, 11) is 0. The Morgan fingerprint density at radius 2 is 1.97 bits per heavy atom. The van der Waals surface area contributed by atoms with Gasteiger partial charge in [0.25, 0.3) is 0 Å². The van der Waals surface area contributed by atoms with Crippen molar-refractivity contribution in [3.63, 3.8) is 0 Å². The molecular formula is C23H26F3N2S+. The van der Waals surface area contributed by atoms with Crippen LogP contribution in [0.2, 0.25) is 0 Å². The molecule has 0 radical (unpaired) electrons. The zero-order valence-electron chi connectivity index (χ0n) is 17.0. The minimum atomic E-state index is -4.35. The summed E-state index contributed by atoms with van der Waals surface area (Å²) in [5, 5.41) is 0.750. The van der Waals surface area contributed by atoms with Crippen LogP contribution in [0.25, 0.3) is 0 Å². The Labute approximate surface area is 174 Å². The molecule has 2 rings (SSSR count). The highest BCUT2D eigenvalue weighted by Crippen LogP contribution is 2.32. The fraction of sp³-hybridized carbons (Fsp3) is 0.304. The predicted octanol–water partition coefficient (Wildman–Crippen LogP) is 6.62. The molecule has 2 nitrogen and oxygen atoms in total. The van der Waals surface area contributed by atoms with E-state index >= 15 is 0 Å². The summed E-state index contributed by atoms with van der Waals surface area (Å²) in [5.41, 5.74) is 2.44. The zero-order chi connectivity index (χ0) is 21.4. The smallest absolute Gasteiger partial charge is 0.254 e. The van der Waals surface area contributed by atoms with E-state index in [0.717, 1.165) is 41.3 Å². The average molecular weight is 420 g/mol. The molecule has 0 aliphatic rings. The van der Waals surface area contributed by atoms with Crippen LogP contribution in [0.4, 0.5) is 13.2 Å². The van der Waals surface area contributed by atoms with Gasteiger partial charge in [-0.25, -0.2) is 4.57 Å². The van der Waals surface area contributed by atoms with Crippen molar-refractivity contribution in [3.8, 4) is 0 Å². The quantitative estimate of drug-likeness (QED) is 0.162. The van der Waals surface area contributed by atoms with Crippen LogP contribution >= 0.6 is 11.8 Å². The Balaban J connectivity index is 2.09. The van der Waals surface area contributed by atoms with Crippen LogP contribution in [-0.4, -0.2) is 5.04 Å². The highest BCUT2D eigenvalue weighted by atomic mass is 32.2. The lowest BCUT2D eigenvalue weighted by molar-refractivity contribution is -0.693. The summed E-state index contributed by atoms with van der Waals surface area (Å²) < 4.78 is 40.8. The zero-order valence-corrected chi connectivity index (χ0v) is 17.8. The number of hydrogen-bond donors (Lipinski definition) is 0. The number of pyridine rings is 1. The van der Waals surface area contributed by atoms with Crippen molar-refractivity contribution in [2.45, 2.75) is 51.2 Å². The van der Waals surface area contributed by atoms with Gasteiger partial charge < -0.3 is 0 Å². The molecule has 0 N–H and O–H groups in total. The molecule has 0 spiro atoms. The maximum Gasteiger partial charge on any atom is 0.416 e. The Kier molecular flexibility index (Phi) is 8.26. The van der Waals surface area contributed by atoms with Gasteiger partial charge in [0.05, 0.1) is 10.6 Å². The van der Waals surface area contributed by atoms with Gasteiger partial charge in [0.1, 0.15) is 6.54 Å². The maximum absolute atomic E-state index is 12.9. The molecule has 1 heterocycles. The Morgan fingerprint density at radius 3 is 2.62 bits per heavy atom. The molecule has 1 aromatic heterocycles. The number of aryl methyl sites for hydroxylation is 1. The lowest BCUT2D eigenvalue weighted by Gasteiger charge is -2.09. The second-order valence-corrected chi connectivity index (χ2v) is 7.79. The largest absolute Gasteiger partial charge is 0.416 e. The molecule has 0 aliphatic carbocycles. The molecule has 0 atom stereocenters. The number of thioether (sulfide) groups is 1. The minimum absolute atomic E-state index is 0.527. The van der Waals surface area contributed by atoms with Gasteiger partial charge in [-0.1, -0.05) is 31.3 Å². The molecule has 0 fully saturated rings. The van der Waals surface area contributed by atoms with E-state index in [0.29, 0.717) is 11.3 Å². The van der Waals surface area contributed by atoms with Gasteiger partial charge in [0.2, 0.25) is 0 Å². The Hall–Kier alpha value is -2.34. The molecule has 6 heteroatoms. The SMILES string of the molecule is C=C(Cc1ccc[n+](CC)c1)/C(C)=C/N=C(CC)Sc1cccc(C(F)(F)F)c1. The maximum atomic E-state index is 12.9. The third kappa shape index (κ3) is 7.20. The summed E-state index contributed by atoms with van der Waals surface area (Å²) in [5.74, 6) is 0. The fourth-order valence-corrected chi connectivity index (χ4v) is 3.44. The number of aliphatic imine (C=N–C) groups is 1. The van der Waals surface area contributed by atoms with E-state index in [1.165, 1.54) is 23.4 Å². The summed E-state index contributed by atoms with van der Waals surface area (Å²) in [6.07, 6.45) is 2.88. The molecule has 0 amide bonds. The van der Waals surface area contributed by atoms with Crippen LogP contribution in [0.1, 0.15) is 38.3 Å². The molecule has 154 valence electrons. The van der Waals surface area contributed by atoms with Gasteiger partial charge in [-0.3, -0.25) is 4.99 Å². The van der Waals surface area contributed by atoms with Crippen LogP contribution < -0.4 is 4.57 Å². The molecular weight excluding hydrogens is 393 g/mol. The van der Waals surface area contributed by atoms with Crippen LogP contribution in [-0.2, 0) is 19.1 Å². The first-order chi connectivity index (χ1) is 13.7. The molecule has 1 aromatic carbocycles. The van der Waals surface area contributed by atoms with E-state index in [9.17, 15) is 13.2 Å². The van der Waals surface area contributed by atoms with Gasteiger partial charge >= 0.3 is 6.18 Å². The molecule has 0 saturated carbocycles. The topological polar surface area (TPSA) is 16.2 Å². The van der Waals surface area contributed by atoms with E-state index in [-0.39, 0.29) is 0 Å². The molecule has 0 bridgehead atoms. The number of allylic oxidation sites excluding steroid dienone is 2.